The van der Waals surface area contributed by atoms with Crippen LogP contribution in [0.15, 0.2) is 30.3 Å². The molecule has 0 saturated carbocycles. The summed E-state index contributed by atoms with van der Waals surface area (Å²) in [6, 6.07) is 9.04. The van der Waals surface area contributed by atoms with Crippen molar-refractivity contribution in [3.8, 4) is 0 Å². The van der Waals surface area contributed by atoms with Crippen LogP contribution in [0, 0.1) is 5.92 Å². The Bertz CT molecular complexity index is 945. The third-order valence-corrected chi connectivity index (χ3v) is 8.66. The lowest BCUT2D eigenvalue weighted by Gasteiger charge is -2.33. The molecule has 1 amide bonds. The minimum Gasteiger partial charge on any atom is -0.460 e. The van der Waals surface area contributed by atoms with Gasteiger partial charge in [0, 0.05) is 37.1 Å². The predicted molar refractivity (Wildman–Crippen MR) is 150 cm³/mol. The van der Waals surface area contributed by atoms with Gasteiger partial charge in [-0.3, -0.25) is 4.79 Å². The van der Waals surface area contributed by atoms with Gasteiger partial charge in [-0.1, -0.05) is 57.5 Å². The van der Waals surface area contributed by atoms with Gasteiger partial charge in [0.05, 0.1) is 12.7 Å². The van der Waals surface area contributed by atoms with Crippen LogP contribution in [-0.4, -0.2) is 74.6 Å². The maximum Gasteiger partial charge on any atom is 0.348 e. The minimum atomic E-state index is -4.09. The van der Waals surface area contributed by atoms with Crippen LogP contribution in [0.1, 0.15) is 53.0 Å². The molecular formula is C26H45N3O6S2. The minimum absolute atomic E-state index is 0.0984. The highest BCUT2D eigenvalue weighted by atomic mass is 32.2. The summed E-state index contributed by atoms with van der Waals surface area (Å²) in [5.41, 5.74) is 6.85. The topological polar surface area (TPSA) is 137 Å². The smallest absolute Gasteiger partial charge is 0.348 e. The van der Waals surface area contributed by atoms with Gasteiger partial charge in [-0.15, -0.1) is 0 Å². The molecule has 1 rings (SSSR count). The van der Waals surface area contributed by atoms with E-state index in [9.17, 15) is 18.0 Å². The number of carbonyl (C=O) groups excluding carboxylic acids is 2. The summed E-state index contributed by atoms with van der Waals surface area (Å²) < 4.78 is 37.0. The molecule has 1 aromatic rings. The Balaban J connectivity index is 3.26. The zero-order valence-corrected chi connectivity index (χ0v) is 24.6. The molecule has 0 saturated heterocycles. The first-order valence-corrected chi connectivity index (χ1v) is 15.3. The Hall–Kier alpha value is -1.66. The van der Waals surface area contributed by atoms with Crippen molar-refractivity contribution >= 4 is 34.3 Å². The number of carbonyl (C=O) groups is 2. The highest BCUT2D eigenvalue weighted by molar-refractivity contribution is 7.92. The third kappa shape index (κ3) is 10.2. The maximum atomic E-state index is 13.6. The monoisotopic (exact) mass is 559 g/mol. The molecule has 9 nitrogen and oxygen atoms in total. The average molecular weight is 560 g/mol. The molecule has 0 heterocycles. The van der Waals surface area contributed by atoms with E-state index in [-0.39, 0.29) is 37.5 Å². The number of sulfone groups is 1. The second-order valence-electron chi connectivity index (χ2n) is 9.75. The fourth-order valence-corrected chi connectivity index (χ4v) is 5.02. The van der Waals surface area contributed by atoms with E-state index in [0.29, 0.717) is 12.3 Å². The van der Waals surface area contributed by atoms with Crippen molar-refractivity contribution in [3.05, 3.63) is 35.9 Å². The zero-order chi connectivity index (χ0) is 28.2. The van der Waals surface area contributed by atoms with E-state index in [0.717, 1.165) is 18.2 Å². The molecule has 0 aromatic heterocycles. The molecule has 37 heavy (non-hydrogen) atoms. The van der Waals surface area contributed by atoms with Crippen LogP contribution in [0.5, 0.6) is 0 Å². The summed E-state index contributed by atoms with van der Waals surface area (Å²) in [7, 11) is -4.09. The van der Waals surface area contributed by atoms with Crippen LogP contribution in [0.25, 0.3) is 0 Å². The SMILES string of the molecule is CC[C@H](C)[C@@H](CO[C@@H](Cc1ccccc1)C(=O)N[C@](CC)(C(=O)OC(C)C)S(C)(=O)=O)NC[C@@H](N)CS. The van der Waals surface area contributed by atoms with Crippen LogP contribution in [-0.2, 0) is 35.3 Å². The zero-order valence-electron chi connectivity index (χ0n) is 22.9. The molecule has 0 unspecified atom stereocenters. The molecule has 0 aliphatic carbocycles. The molecular weight excluding hydrogens is 514 g/mol. The lowest BCUT2D eigenvalue weighted by atomic mass is 9.99. The highest BCUT2D eigenvalue weighted by Gasteiger charge is 2.50. The molecule has 5 atom stereocenters. The van der Waals surface area contributed by atoms with E-state index in [2.05, 4.69) is 37.1 Å². The molecule has 0 radical (unpaired) electrons. The number of esters is 1. The standard InChI is InChI=1S/C26H45N3O6S2/c1-7-19(5)22(28-15-21(27)17-36)16-34-23(14-20-12-10-9-11-13-20)24(30)29-26(8-2,37(6,32)33)25(31)35-18(3)4/h9-13,18-19,21-23,28,36H,7-8,14-17,27H2,1-6H3,(H,29,30)/t19-,21+,22+,23-,26-/m0/s1. The van der Waals surface area contributed by atoms with Gasteiger partial charge in [0.2, 0.25) is 4.87 Å². The summed E-state index contributed by atoms with van der Waals surface area (Å²) >= 11 is 4.23. The van der Waals surface area contributed by atoms with Crippen LogP contribution in [0.3, 0.4) is 0 Å². The van der Waals surface area contributed by atoms with Gasteiger partial charge in [-0.2, -0.15) is 12.6 Å². The number of rotatable bonds is 17. The van der Waals surface area contributed by atoms with Gasteiger partial charge in [-0.05, 0) is 31.7 Å². The normalized spacial score (nSPS) is 16.9. The van der Waals surface area contributed by atoms with E-state index in [1.807, 2.05) is 30.3 Å². The summed E-state index contributed by atoms with van der Waals surface area (Å²) in [6.07, 6.45) is 0.187. The van der Waals surface area contributed by atoms with Crippen molar-refractivity contribution in [1.29, 1.82) is 0 Å². The largest absolute Gasteiger partial charge is 0.460 e. The second kappa shape index (κ2) is 15.7. The Morgan fingerprint density at radius 2 is 1.76 bits per heavy atom. The summed E-state index contributed by atoms with van der Waals surface area (Å²) in [5, 5.41) is 5.90. The van der Waals surface area contributed by atoms with Gasteiger partial charge in [0.15, 0.2) is 9.84 Å². The van der Waals surface area contributed by atoms with E-state index in [1.54, 1.807) is 13.8 Å². The molecule has 0 spiro atoms. The molecule has 4 N–H and O–H groups in total. The number of thiol groups is 1. The van der Waals surface area contributed by atoms with Crippen LogP contribution >= 0.6 is 12.6 Å². The number of benzene rings is 1. The second-order valence-corrected chi connectivity index (χ2v) is 12.4. The molecule has 0 aliphatic heterocycles. The first-order valence-electron chi connectivity index (χ1n) is 12.8. The predicted octanol–water partition coefficient (Wildman–Crippen LogP) is 2.09. The fraction of sp³-hybridized carbons (Fsp3) is 0.692. The van der Waals surface area contributed by atoms with Crippen molar-refractivity contribution in [2.45, 2.75) is 83.0 Å². The van der Waals surface area contributed by atoms with Gasteiger partial charge >= 0.3 is 5.97 Å². The lowest BCUT2D eigenvalue weighted by molar-refractivity contribution is -0.155. The van der Waals surface area contributed by atoms with Crippen molar-refractivity contribution in [1.82, 2.24) is 10.6 Å². The number of hydrogen-bond donors (Lipinski definition) is 4. The van der Waals surface area contributed by atoms with E-state index in [1.165, 1.54) is 6.92 Å². The fourth-order valence-electron chi connectivity index (χ4n) is 3.73. The van der Waals surface area contributed by atoms with Gasteiger partial charge in [-0.25, -0.2) is 13.2 Å². The number of nitrogens with two attached hydrogens (primary N) is 1. The summed E-state index contributed by atoms with van der Waals surface area (Å²) in [4.78, 5) is 24.3. The molecule has 11 heteroatoms. The highest BCUT2D eigenvalue weighted by Crippen LogP contribution is 2.22. The first-order chi connectivity index (χ1) is 17.3. The molecule has 0 aliphatic rings. The van der Waals surface area contributed by atoms with Crippen molar-refractivity contribution < 1.29 is 27.5 Å². The maximum absolute atomic E-state index is 13.6. The summed E-state index contributed by atoms with van der Waals surface area (Å²) in [5.74, 6) is -0.970. The van der Waals surface area contributed by atoms with E-state index in [4.69, 9.17) is 15.2 Å². The Morgan fingerprint density at radius 1 is 1.14 bits per heavy atom. The lowest BCUT2D eigenvalue weighted by Crippen LogP contribution is -2.62. The quantitative estimate of drug-likeness (QED) is 0.168. The van der Waals surface area contributed by atoms with E-state index < -0.39 is 38.8 Å². The summed E-state index contributed by atoms with van der Waals surface area (Å²) in [6.45, 7) is 9.61. The Kier molecular flexibility index (Phi) is 14.1. The van der Waals surface area contributed by atoms with E-state index >= 15 is 0 Å². The van der Waals surface area contributed by atoms with Gasteiger partial charge < -0.3 is 25.8 Å². The van der Waals surface area contributed by atoms with Crippen LogP contribution in [0.4, 0.5) is 0 Å². The molecule has 212 valence electrons. The Labute approximate surface area is 228 Å². The Morgan fingerprint density at radius 3 is 2.24 bits per heavy atom. The first kappa shape index (κ1) is 33.4. The molecule has 1 aromatic carbocycles. The van der Waals surface area contributed by atoms with Gasteiger partial charge in [0.25, 0.3) is 5.91 Å². The van der Waals surface area contributed by atoms with Crippen molar-refractivity contribution in [2.24, 2.45) is 11.7 Å². The van der Waals surface area contributed by atoms with Crippen LogP contribution < -0.4 is 16.4 Å². The number of hydrogen-bond acceptors (Lipinski definition) is 9. The number of nitrogens with one attached hydrogen (secondary N) is 2. The molecule has 0 fully saturated rings. The van der Waals surface area contributed by atoms with Crippen LogP contribution in [0.2, 0.25) is 0 Å². The van der Waals surface area contributed by atoms with Crippen molar-refractivity contribution in [3.63, 3.8) is 0 Å². The number of amides is 1. The average Bonchev–Trinajstić information content (AvgIpc) is 2.84. The number of ether oxygens (including phenoxy) is 2. The molecule has 0 bridgehead atoms. The van der Waals surface area contributed by atoms with Gasteiger partial charge in [0.1, 0.15) is 6.10 Å². The third-order valence-electron chi connectivity index (χ3n) is 6.37. The van der Waals surface area contributed by atoms with Crippen molar-refractivity contribution in [2.75, 3.05) is 25.2 Å².